The number of fused-ring (bicyclic) bond motifs is 1. The van der Waals surface area contributed by atoms with E-state index < -0.39 is 0 Å². The summed E-state index contributed by atoms with van der Waals surface area (Å²) in [6.07, 6.45) is 5.40. The van der Waals surface area contributed by atoms with Gasteiger partial charge in [-0.05, 0) is 36.9 Å². The quantitative estimate of drug-likeness (QED) is 0.934. The number of hydrogen-bond acceptors (Lipinski definition) is 3. The Labute approximate surface area is 120 Å². The van der Waals surface area contributed by atoms with Crippen LogP contribution >= 0.6 is 0 Å². The first-order valence-electron chi connectivity index (χ1n) is 7.56. The minimum absolute atomic E-state index is 0.225. The summed E-state index contributed by atoms with van der Waals surface area (Å²) in [7, 11) is 0. The topological polar surface area (TPSA) is 42.7 Å². The van der Waals surface area contributed by atoms with E-state index in [0.717, 1.165) is 30.7 Å². The first-order chi connectivity index (χ1) is 9.53. The number of imidazole rings is 1. The van der Waals surface area contributed by atoms with Crippen molar-refractivity contribution in [3.8, 4) is 0 Å². The fraction of sp³-hybridized carbons (Fsp3) is 0.625. The molecule has 2 aromatic rings. The number of rotatable bonds is 3. The summed E-state index contributed by atoms with van der Waals surface area (Å²) in [6.45, 7) is 8.89. The van der Waals surface area contributed by atoms with Crippen molar-refractivity contribution in [2.24, 2.45) is 5.41 Å². The molecule has 20 heavy (non-hydrogen) atoms. The third-order valence-corrected chi connectivity index (χ3v) is 3.81. The first kappa shape index (κ1) is 13.6. The van der Waals surface area contributed by atoms with Gasteiger partial charge < -0.3 is 9.88 Å². The van der Waals surface area contributed by atoms with Crippen LogP contribution in [0, 0.1) is 5.41 Å². The van der Waals surface area contributed by atoms with Gasteiger partial charge >= 0.3 is 0 Å². The van der Waals surface area contributed by atoms with Crippen molar-refractivity contribution in [3.05, 3.63) is 24.2 Å². The highest BCUT2D eigenvalue weighted by molar-refractivity contribution is 5.71. The van der Waals surface area contributed by atoms with Gasteiger partial charge in [-0.1, -0.05) is 20.8 Å². The number of pyridine rings is 1. The van der Waals surface area contributed by atoms with Gasteiger partial charge in [-0.3, -0.25) is 0 Å². The average Bonchev–Trinajstić information content (AvgIpc) is 2.98. The molecule has 1 unspecified atom stereocenters. The predicted molar refractivity (Wildman–Crippen MR) is 81.7 cm³/mol. The number of nitrogens with zero attached hydrogens (tertiary/aromatic N) is 3. The lowest BCUT2D eigenvalue weighted by molar-refractivity contribution is 0.340. The van der Waals surface area contributed by atoms with Crippen LogP contribution in [0.15, 0.2) is 18.3 Å². The molecule has 1 aliphatic heterocycles. The summed E-state index contributed by atoms with van der Waals surface area (Å²) in [6, 6.07) is 4.60. The minimum atomic E-state index is 0.225. The molecule has 1 aliphatic rings. The monoisotopic (exact) mass is 272 g/mol. The van der Waals surface area contributed by atoms with Gasteiger partial charge in [0, 0.05) is 25.2 Å². The highest BCUT2D eigenvalue weighted by atomic mass is 15.1. The minimum Gasteiger partial charge on any atom is -0.314 e. The first-order valence-corrected chi connectivity index (χ1v) is 7.56. The van der Waals surface area contributed by atoms with Crippen LogP contribution in [0.25, 0.3) is 11.2 Å². The lowest BCUT2D eigenvalue weighted by atomic mass is 9.96. The van der Waals surface area contributed by atoms with Crippen LogP contribution < -0.4 is 5.32 Å². The van der Waals surface area contributed by atoms with E-state index >= 15 is 0 Å². The normalized spacial score (nSPS) is 19.9. The fourth-order valence-corrected chi connectivity index (χ4v) is 2.95. The molecule has 0 radical (unpaired) electrons. The second-order valence-corrected chi connectivity index (χ2v) is 7.02. The lowest BCUT2D eigenvalue weighted by Gasteiger charge is -2.21. The van der Waals surface area contributed by atoms with E-state index in [2.05, 4.69) is 41.7 Å². The SMILES string of the molecule is CC(C)(C)Cn1c(CC2CCCN2)nc2cccnc21. The summed E-state index contributed by atoms with van der Waals surface area (Å²) >= 11 is 0. The van der Waals surface area contributed by atoms with E-state index in [0.29, 0.717) is 6.04 Å². The molecule has 3 heterocycles. The molecular formula is C16H24N4. The second kappa shape index (κ2) is 5.17. The maximum absolute atomic E-state index is 4.82. The smallest absolute Gasteiger partial charge is 0.160 e. The number of hydrogen-bond donors (Lipinski definition) is 1. The number of aromatic nitrogens is 3. The van der Waals surface area contributed by atoms with Crippen molar-refractivity contribution in [2.45, 2.75) is 52.6 Å². The summed E-state index contributed by atoms with van der Waals surface area (Å²) in [5.74, 6) is 1.17. The summed E-state index contributed by atoms with van der Waals surface area (Å²) in [5.41, 5.74) is 2.27. The van der Waals surface area contributed by atoms with Gasteiger partial charge in [0.15, 0.2) is 5.65 Å². The molecule has 0 aliphatic carbocycles. The maximum Gasteiger partial charge on any atom is 0.160 e. The van der Waals surface area contributed by atoms with Crippen LogP contribution in [0.1, 0.15) is 39.4 Å². The molecule has 1 N–H and O–H groups in total. The largest absolute Gasteiger partial charge is 0.314 e. The molecule has 1 fully saturated rings. The molecule has 0 spiro atoms. The Balaban J connectivity index is 1.98. The van der Waals surface area contributed by atoms with Crippen LogP contribution in [0.5, 0.6) is 0 Å². The average molecular weight is 272 g/mol. The van der Waals surface area contributed by atoms with E-state index in [-0.39, 0.29) is 5.41 Å². The van der Waals surface area contributed by atoms with Gasteiger partial charge in [-0.2, -0.15) is 0 Å². The van der Waals surface area contributed by atoms with E-state index in [1.807, 2.05) is 12.3 Å². The van der Waals surface area contributed by atoms with Crippen molar-refractivity contribution in [3.63, 3.8) is 0 Å². The third kappa shape index (κ3) is 2.85. The second-order valence-electron chi connectivity index (χ2n) is 7.02. The zero-order valence-electron chi connectivity index (χ0n) is 12.7. The molecule has 3 rings (SSSR count). The fourth-order valence-electron chi connectivity index (χ4n) is 2.95. The Bertz CT molecular complexity index is 588. The Hall–Kier alpha value is -1.42. The van der Waals surface area contributed by atoms with Crippen molar-refractivity contribution < 1.29 is 0 Å². The van der Waals surface area contributed by atoms with E-state index in [9.17, 15) is 0 Å². The van der Waals surface area contributed by atoms with Gasteiger partial charge in [0.05, 0.1) is 0 Å². The third-order valence-electron chi connectivity index (χ3n) is 3.81. The van der Waals surface area contributed by atoms with Gasteiger partial charge in [-0.15, -0.1) is 0 Å². The summed E-state index contributed by atoms with van der Waals surface area (Å²) in [5, 5.41) is 3.57. The molecule has 4 heteroatoms. The maximum atomic E-state index is 4.82. The Morgan fingerprint density at radius 2 is 2.25 bits per heavy atom. The zero-order valence-corrected chi connectivity index (χ0v) is 12.7. The van der Waals surface area contributed by atoms with Crippen LogP contribution in [0.2, 0.25) is 0 Å². The van der Waals surface area contributed by atoms with E-state index in [1.54, 1.807) is 0 Å². The van der Waals surface area contributed by atoms with Gasteiger partial charge in [-0.25, -0.2) is 9.97 Å². The molecule has 0 saturated carbocycles. The van der Waals surface area contributed by atoms with Crippen molar-refractivity contribution >= 4 is 11.2 Å². The predicted octanol–water partition coefficient (Wildman–Crippen LogP) is 2.77. The van der Waals surface area contributed by atoms with E-state index in [4.69, 9.17) is 4.98 Å². The molecule has 2 aromatic heterocycles. The molecule has 1 atom stereocenters. The van der Waals surface area contributed by atoms with Crippen LogP contribution in [-0.4, -0.2) is 27.1 Å². The Morgan fingerprint density at radius 1 is 1.40 bits per heavy atom. The summed E-state index contributed by atoms with van der Waals surface area (Å²) in [4.78, 5) is 9.36. The van der Waals surface area contributed by atoms with Crippen LogP contribution in [0.3, 0.4) is 0 Å². The van der Waals surface area contributed by atoms with Gasteiger partial charge in [0.25, 0.3) is 0 Å². The number of nitrogens with one attached hydrogen (secondary N) is 1. The Kier molecular flexibility index (Phi) is 3.50. The highest BCUT2D eigenvalue weighted by Crippen LogP contribution is 2.23. The molecule has 0 bridgehead atoms. The van der Waals surface area contributed by atoms with E-state index in [1.165, 1.54) is 18.7 Å². The van der Waals surface area contributed by atoms with Gasteiger partial charge in [0.2, 0.25) is 0 Å². The molecule has 0 aromatic carbocycles. The van der Waals surface area contributed by atoms with Crippen LogP contribution in [-0.2, 0) is 13.0 Å². The molecule has 0 amide bonds. The molecular weight excluding hydrogens is 248 g/mol. The van der Waals surface area contributed by atoms with Crippen molar-refractivity contribution in [1.29, 1.82) is 0 Å². The summed E-state index contributed by atoms with van der Waals surface area (Å²) < 4.78 is 2.31. The highest BCUT2D eigenvalue weighted by Gasteiger charge is 2.22. The molecule has 108 valence electrons. The zero-order chi connectivity index (χ0) is 14.2. The van der Waals surface area contributed by atoms with Crippen molar-refractivity contribution in [1.82, 2.24) is 19.9 Å². The molecule has 1 saturated heterocycles. The lowest BCUT2D eigenvalue weighted by Crippen LogP contribution is -2.26. The van der Waals surface area contributed by atoms with Crippen LogP contribution in [0.4, 0.5) is 0 Å². The Morgan fingerprint density at radius 3 is 2.95 bits per heavy atom. The standard InChI is InChI=1S/C16H24N4/c1-16(2,3)11-20-14(10-12-6-4-8-17-12)19-13-7-5-9-18-15(13)20/h5,7,9,12,17H,4,6,8,10-11H2,1-3H3. The molecule has 4 nitrogen and oxygen atoms in total. The van der Waals surface area contributed by atoms with Gasteiger partial charge in [0.1, 0.15) is 11.3 Å². The van der Waals surface area contributed by atoms with Crippen molar-refractivity contribution in [2.75, 3.05) is 6.54 Å².